The first-order chi connectivity index (χ1) is 41.2. The third-order valence-corrected chi connectivity index (χ3v) is 17.6. The van der Waals surface area contributed by atoms with Crippen LogP contribution in [0.3, 0.4) is 0 Å². The van der Waals surface area contributed by atoms with Gasteiger partial charge in [-0.15, -0.1) is 0 Å². The number of esters is 3. The highest BCUT2D eigenvalue weighted by molar-refractivity contribution is 5.70. The van der Waals surface area contributed by atoms with E-state index in [0.29, 0.717) is 25.7 Å². The van der Waals surface area contributed by atoms with Crippen molar-refractivity contribution in [3.63, 3.8) is 0 Å². The van der Waals surface area contributed by atoms with Crippen LogP contribution < -0.4 is 0 Å². The second-order valence-electron chi connectivity index (χ2n) is 24.8. The highest BCUT2D eigenvalue weighted by atomic mass is 16.8. The SMILES string of the molecule is CCCCCCCC(=O)O[C@@H]1[C@@H](O)[C@@H](O)[C@H](O[C@@H]2[C@@H](O[C@@H]3O[C@@H](C)[C@H](O)[C@@H](O)[C@H]3O)[C@@H](OC(=O)CCCCCCC)[C@H](O[C@@H]3[C@H]4OC(=O)CCCCCCCCC[C@H](CCCCC)O[C@@H]5O[C@H](C)[C@H](O)[C@H](O)[C@H]5O[C@H](O[C@H]3C)[C@@H]4O)O[C@H]2C)O[C@H]1C. The van der Waals surface area contributed by atoms with Crippen molar-refractivity contribution in [3.8, 4) is 0 Å². The molecule has 6 saturated heterocycles. The summed E-state index contributed by atoms with van der Waals surface area (Å²) in [6, 6.07) is 0. The van der Waals surface area contributed by atoms with Crippen LogP contribution in [0.1, 0.15) is 216 Å². The van der Waals surface area contributed by atoms with E-state index in [1.54, 1.807) is 13.8 Å². The molecule has 24 heteroatoms. The average molecular weight is 1240 g/mol. The summed E-state index contributed by atoms with van der Waals surface area (Å²) < 4.78 is 82.4. The minimum Gasteiger partial charge on any atom is -0.457 e. The monoisotopic (exact) mass is 1240 g/mol. The number of carbonyl (C=O) groups excluding carboxylic acids is 3. The van der Waals surface area contributed by atoms with Crippen LogP contribution in [0.4, 0.5) is 0 Å². The van der Waals surface area contributed by atoms with E-state index in [4.69, 9.17) is 61.6 Å². The predicted octanol–water partition coefficient (Wildman–Crippen LogP) is 5.08. The topological polar surface area (TPSA) is 333 Å². The van der Waals surface area contributed by atoms with Crippen LogP contribution in [0, 0.1) is 0 Å². The van der Waals surface area contributed by atoms with Crippen molar-refractivity contribution in [2.75, 3.05) is 0 Å². The molecule has 0 spiro atoms. The maximum absolute atomic E-state index is 14.2. The largest absolute Gasteiger partial charge is 0.457 e. The second-order valence-corrected chi connectivity index (χ2v) is 24.8. The fraction of sp³-hybridized carbons (Fsp3) is 0.952. The molecule has 0 aliphatic carbocycles. The molecule has 6 fully saturated rings. The molecule has 0 amide bonds. The fourth-order valence-electron chi connectivity index (χ4n) is 12.3. The van der Waals surface area contributed by atoms with E-state index in [1.165, 1.54) is 20.8 Å². The predicted molar refractivity (Wildman–Crippen MR) is 306 cm³/mol. The van der Waals surface area contributed by atoms with Crippen molar-refractivity contribution in [1.29, 1.82) is 0 Å². The van der Waals surface area contributed by atoms with Crippen molar-refractivity contribution >= 4 is 17.9 Å². The van der Waals surface area contributed by atoms with Gasteiger partial charge in [-0.25, -0.2) is 0 Å². The normalized spacial score (nSPS) is 41.6. The van der Waals surface area contributed by atoms with Gasteiger partial charge >= 0.3 is 17.9 Å². The number of hydrogen-bond donors (Lipinski definition) is 8. The van der Waals surface area contributed by atoms with Gasteiger partial charge in [0, 0.05) is 19.3 Å². The first kappa shape index (κ1) is 72.7. The number of hydrogen-bond acceptors (Lipinski definition) is 24. The summed E-state index contributed by atoms with van der Waals surface area (Å²) >= 11 is 0. The molecule has 0 saturated carbocycles. The Morgan fingerprint density at radius 1 is 0.407 bits per heavy atom. The molecule has 500 valence electrons. The van der Waals surface area contributed by atoms with Crippen molar-refractivity contribution in [2.45, 2.75) is 376 Å². The summed E-state index contributed by atoms with van der Waals surface area (Å²) in [6.07, 6.45) is -19.7. The zero-order chi connectivity index (χ0) is 62.6. The van der Waals surface area contributed by atoms with Gasteiger partial charge in [-0.2, -0.15) is 0 Å². The van der Waals surface area contributed by atoms with E-state index in [9.17, 15) is 55.2 Å². The van der Waals surface area contributed by atoms with Crippen molar-refractivity contribution in [2.24, 2.45) is 0 Å². The van der Waals surface area contributed by atoms with Crippen LogP contribution >= 0.6 is 0 Å². The summed E-state index contributed by atoms with van der Waals surface area (Å²) in [5, 5.41) is 91.8. The number of aliphatic hydroxyl groups excluding tert-OH is 8. The van der Waals surface area contributed by atoms with Gasteiger partial charge in [-0.1, -0.05) is 130 Å². The summed E-state index contributed by atoms with van der Waals surface area (Å²) in [6.45, 7) is 13.9. The van der Waals surface area contributed by atoms with Crippen LogP contribution in [0.5, 0.6) is 0 Å². The Kier molecular flexibility index (Phi) is 31.0. The van der Waals surface area contributed by atoms with E-state index in [2.05, 4.69) is 20.8 Å². The summed E-state index contributed by atoms with van der Waals surface area (Å²) in [4.78, 5) is 41.2. The van der Waals surface area contributed by atoms with Crippen LogP contribution in [0.2, 0.25) is 0 Å². The standard InChI is InChI=1S/C62H108O24/c1-9-12-15-20-26-31-40(63)80-51-36(6)76-59(49(72)47(51)70)83-53-38(8)78-62(57(82-42(65)33-27-21-16-13-10-2)56(53)86-58-48(71)45(68)43(66)34(4)74-58)84-52-37(7)77-60-50(73)54(52)81-41(64)32-28-23-19-17-18-22-25-30-39(29-24-14-11-3)79-61-55(85-60)46(69)44(67)35(5)75-61/h34-39,43-62,66-73H,9-33H2,1-8H3/t34-,35+,36-,37-,38-,39-,43-,44-,45+,46-,47-,48+,49+,50+,51-,52-,53-,54-,55+,56+,57+,58-,59-,60-,61-,62-/m0/s1. The van der Waals surface area contributed by atoms with Gasteiger partial charge in [0.25, 0.3) is 0 Å². The zero-order valence-electron chi connectivity index (χ0n) is 52.3. The van der Waals surface area contributed by atoms with Gasteiger partial charge in [0.05, 0.1) is 36.6 Å². The molecule has 86 heavy (non-hydrogen) atoms. The molecule has 0 aromatic carbocycles. The number of ether oxygens (including phenoxy) is 13. The maximum atomic E-state index is 14.2. The van der Waals surface area contributed by atoms with E-state index < -0.39 is 171 Å². The summed E-state index contributed by atoms with van der Waals surface area (Å²) in [7, 11) is 0. The minimum atomic E-state index is -1.90. The molecule has 0 radical (unpaired) electrons. The van der Waals surface area contributed by atoms with Crippen LogP contribution in [0.15, 0.2) is 0 Å². The Labute approximate surface area is 508 Å². The quantitative estimate of drug-likeness (QED) is 0.0355. The Morgan fingerprint density at radius 2 is 0.884 bits per heavy atom. The van der Waals surface area contributed by atoms with Crippen molar-refractivity contribution in [3.05, 3.63) is 0 Å². The van der Waals surface area contributed by atoms with E-state index in [1.807, 2.05) is 0 Å². The van der Waals surface area contributed by atoms with Gasteiger partial charge in [0.1, 0.15) is 73.2 Å². The van der Waals surface area contributed by atoms with Crippen molar-refractivity contribution < 1.29 is 117 Å². The Morgan fingerprint density at radius 3 is 1.52 bits per heavy atom. The van der Waals surface area contributed by atoms with Crippen molar-refractivity contribution in [1.82, 2.24) is 0 Å². The highest BCUT2D eigenvalue weighted by Gasteiger charge is 2.58. The number of carbonyl (C=O) groups is 3. The molecule has 6 aliphatic heterocycles. The van der Waals surface area contributed by atoms with Crippen LogP contribution in [-0.2, 0) is 76.0 Å². The number of unbranched alkanes of at least 4 members (excludes halogenated alkanes) is 10. The number of rotatable bonds is 24. The lowest BCUT2D eigenvalue weighted by atomic mass is 9.95. The van der Waals surface area contributed by atoms with Gasteiger partial charge < -0.3 is 102 Å². The zero-order valence-corrected chi connectivity index (χ0v) is 52.3. The molecule has 6 rings (SSSR count). The third kappa shape index (κ3) is 20.6. The molecular weight excluding hydrogens is 1130 g/mol. The van der Waals surface area contributed by atoms with Gasteiger partial charge in [-0.05, 0) is 66.7 Å². The maximum Gasteiger partial charge on any atom is 0.306 e. The second kappa shape index (κ2) is 36.7. The lowest BCUT2D eigenvalue weighted by Gasteiger charge is -2.51. The van der Waals surface area contributed by atoms with Crippen LogP contribution in [-0.4, -0.2) is 218 Å². The fourth-order valence-corrected chi connectivity index (χ4v) is 12.3. The highest BCUT2D eigenvalue weighted by Crippen LogP contribution is 2.39. The molecule has 6 aliphatic rings. The molecule has 2 bridgehead atoms. The molecule has 0 aromatic heterocycles. The van der Waals surface area contributed by atoms with E-state index in [-0.39, 0.29) is 25.4 Å². The molecule has 24 nitrogen and oxygen atoms in total. The van der Waals surface area contributed by atoms with Gasteiger partial charge in [-0.3, -0.25) is 14.4 Å². The third-order valence-electron chi connectivity index (χ3n) is 17.6. The number of fused-ring (bicyclic) bond motifs is 3. The van der Waals surface area contributed by atoms with E-state index in [0.717, 1.165) is 116 Å². The van der Waals surface area contributed by atoms with Gasteiger partial charge in [0.15, 0.2) is 49.8 Å². The first-order valence-corrected chi connectivity index (χ1v) is 32.8. The summed E-state index contributed by atoms with van der Waals surface area (Å²) in [5.74, 6) is -2.02. The Hall–Kier alpha value is -2.31. The van der Waals surface area contributed by atoms with Crippen LogP contribution in [0.25, 0.3) is 0 Å². The number of aliphatic hydroxyl groups is 8. The smallest absolute Gasteiger partial charge is 0.306 e. The van der Waals surface area contributed by atoms with E-state index >= 15 is 0 Å². The van der Waals surface area contributed by atoms with Gasteiger partial charge in [0.2, 0.25) is 0 Å². The first-order valence-electron chi connectivity index (χ1n) is 32.8. The Bertz CT molecular complexity index is 1960. The molecule has 0 unspecified atom stereocenters. The minimum absolute atomic E-state index is 0.0247. The summed E-state index contributed by atoms with van der Waals surface area (Å²) in [5.41, 5.74) is 0. The molecule has 0 aromatic rings. The Balaban J connectivity index is 1.34. The molecule has 6 heterocycles. The molecule has 26 atom stereocenters. The average Bonchev–Trinajstić information content (AvgIpc) is 1.12. The lowest BCUT2D eigenvalue weighted by Crippen LogP contribution is -2.68. The molecule has 8 N–H and O–H groups in total. The lowest BCUT2D eigenvalue weighted by molar-refractivity contribution is -0.399. The molecular formula is C62H108O24.